The smallest absolute Gasteiger partial charge is 0.216 e. The lowest BCUT2D eigenvalue weighted by atomic mass is 10.3. The van der Waals surface area contributed by atoms with Gasteiger partial charge >= 0.3 is 0 Å². The van der Waals surface area contributed by atoms with E-state index >= 15 is 0 Å². The number of pyridine rings is 1. The first-order valence-electron chi connectivity index (χ1n) is 6.58. The van der Waals surface area contributed by atoms with Crippen LogP contribution in [0.15, 0.2) is 58.0 Å². The van der Waals surface area contributed by atoms with Crippen LogP contribution < -0.4 is 0 Å². The number of hydrogen-bond acceptors (Lipinski definition) is 5. The quantitative estimate of drug-likeness (QED) is 0.591. The number of nitrogens with zero attached hydrogens (tertiary/aromatic N) is 4. The number of H-pyrrole nitrogens is 1. The lowest BCUT2D eigenvalue weighted by Gasteiger charge is -1.99. The molecule has 3 rings (SSSR count). The van der Waals surface area contributed by atoms with E-state index in [-0.39, 0.29) is 0 Å². The number of nitrogens with one attached hydrogen (secondary N) is 1. The summed E-state index contributed by atoms with van der Waals surface area (Å²) < 4.78 is 7.24. The molecule has 0 amide bonds. The molecular weight excluding hydrogens is 298 g/mol. The first-order valence-corrected chi connectivity index (χ1v) is 6.99. The standard InChI is InChI=1S/C15H13N5OS/c1-11(8-13-5-3-7-21-13)9-17-20-14(18-19-15(20)22)12-4-2-6-16-10-12/h2-10H,1H3,(H,19,22)/b11-8+,17-9+. The highest BCUT2D eigenvalue weighted by molar-refractivity contribution is 7.71. The van der Waals surface area contributed by atoms with Gasteiger partial charge in [-0.05, 0) is 55.1 Å². The summed E-state index contributed by atoms with van der Waals surface area (Å²) in [6, 6.07) is 7.45. The van der Waals surface area contributed by atoms with Crippen molar-refractivity contribution < 1.29 is 4.42 Å². The summed E-state index contributed by atoms with van der Waals surface area (Å²) in [5, 5.41) is 11.3. The van der Waals surface area contributed by atoms with Crippen molar-refractivity contribution in [2.75, 3.05) is 0 Å². The first kappa shape index (κ1) is 14.2. The molecule has 0 radical (unpaired) electrons. The van der Waals surface area contributed by atoms with E-state index in [2.05, 4.69) is 20.3 Å². The highest BCUT2D eigenvalue weighted by Gasteiger charge is 2.07. The van der Waals surface area contributed by atoms with Crippen LogP contribution in [0.2, 0.25) is 0 Å². The summed E-state index contributed by atoms with van der Waals surface area (Å²) in [5.41, 5.74) is 1.76. The minimum absolute atomic E-state index is 0.418. The molecule has 110 valence electrons. The summed E-state index contributed by atoms with van der Waals surface area (Å²) >= 11 is 5.21. The van der Waals surface area contributed by atoms with Crippen molar-refractivity contribution >= 4 is 24.5 Å². The normalized spacial score (nSPS) is 12.1. The molecule has 0 atom stereocenters. The van der Waals surface area contributed by atoms with Crippen molar-refractivity contribution in [3.63, 3.8) is 0 Å². The first-order chi connectivity index (χ1) is 10.7. The topological polar surface area (TPSA) is 72.0 Å². The van der Waals surface area contributed by atoms with Crippen molar-refractivity contribution in [2.45, 2.75) is 6.92 Å². The molecule has 7 heteroatoms. The van der Waals surface area contributed by atoms with E-state index in [1.54, 1.807) is 29.5 Å². The zero-order valence-corrected chi connectivity index (χ0v) is 12.6. The Hall–Kier alpha value is -2.80. The van der Waals surface area contributed by atoms with Gasteiger partial charge in [0.15, 0.2) is 5.82 Å². The highest BCUT2D eigenvalue weighted by atomic mass is 32.1. The Labute approximate surface area is 131 Å². The van der Waals surface area contributed by atoms with Crippen LogP contribution in [0.5, 0.6) is 0 Å². The lowest BCUT2D eigenvalue weighted by molar-refractivity contribution is 0.557. The number of rotatable bonds is 4. The molecule has 0 saturated heterocycles. The van der Waals surface area contributed by atoms with Crippen LogP contribution in [-0.2, 0) is 0 Å². The maximum absolute atomic E-state index is 5.27. The molecular formula is C15H13N5OS. The van der Waals surface area contributed by atoms with E-state index in [1.807, 2.05) is 37.3 Å². The predicted octanol–water partition coefficient (Wildman–Crippen LogP) is 3.53. The Kier molecular flexibility index (Phi) is 4.06. The Bertz CT molecular complexity index is 859. The Morgan fingerprint density at radius 1 is 1.41 bits per heavy atom. The minimum atomic E-state index is 0.418. The predicted molar refractivity (Wildman–Crippen MR) is 86.9 cm³/mol. The molecule has 0 saturated carbocycles. The van der Waals surface area contributed by atoms with Crippen molar-refractivity contribution in [2.24, 2.45) is 5.10 Å². The third-order valence-corrected chi connectivity index (χ3v) is 3.12. The number of aromatic amines is 1. The SMILES string of the molecule is CC(/C=N/n1c(-c2cccnc2)n[nH]c1=S)=C\c1ccco1. The average molecular weight is 311 g/mol. The van der Waals surface area contributed by atoms with Crippen LogP contribution in [-0.4, -0.2) is 26.1 Å². The van der Waals surface area contributed by atoms with Gasteiger partial charge in [0.2, 0.25) is 4.77 Å². The summed E-state index contributed by atoms with van der Waals surface area (Å²) in [6.45, 7) is 1.93. The zero-order valence-electron chi connectivity index (χ0n) is 11.8. The van der Waals surface area contributed by atoms with E-state index in [1.165, 1.54) is 0 Å². The molecule has 22 heavy (non-hydrogen) atoms. The average Bonchev–Trinajstić information content (AvgIpc) is 3.16. The molecule has 0 aromatic carbocycles. The molecule has 0 fully saturated rings. The number of hydrogen-bond donors (Lipinski definition) is 1. The molecule has 3 aromatic heterocycles. The Balaban J connectivity index is 1.91. The van der Waals surface area contributed by atoms with Crippen molar-refractivity contribution in [1.29, 1.82) is 0 Å². The van der Waals surface area contributed by atoms with Crippen molar-refractivity contribution in [3.8, 4) is 11.4 Å². The Morgan fingerprint density at radius 2 is 2.32 bits per heavy atom. The third-order valence-electron chi connectivity index (χ3n) is 2.86. The second kappa shape index (κ2) is 6.31. The number of furan rings is 1. The van der Waals surface area contributed by atoms with Crippen molar-refractivity contribution in [1.82, 2.24) is 19.9 Å². The van der Waals surface area contributed by atoms with Gasteiger partial charge in [0.05, 0.1) is 12.5 Å². The van der Waals surface area contributed by atoms with Gasteiger partial charge in [-0.1, -0.05) is 0 Å². The van der Waals surface area contributed by atoms with Crippen LogP contribution in [0, 0.1) is 4.77 Å². The maximum atomic E-state index is 5.27. The molecule has 0 unspecified atom stereocenters. The molecule has 0 bridgehead atoms. The van der Waals surface area contributed by atoms with Crippen molar-refractivity contribution in [3.05, 3.63) is 59.0 Å². The molecule has 6 nitrogen and oxygen atoms in total. The van der Waals surface area contributed by atoms with Crippen LogP contribution >= 0.6 is 12.2 Å². The monoisotopic (exact) mass is 311 g/mol. The van der Waals surface area contributed by atoms with Gasteiger partial charge in [-0.3, -0.25) is 4.98 Å². The van der Waals surface area contributed by atoms with Gasteiger partial charge in [0.25, 0.3) is 0 Å². The van der Waals surface area contributed by atoms with Gasteiger partial charge in [-0.2, -0.15) is 14.9 Å². The van der Waals surface area contributed by atoms with Gasteiger partial charge in [0, 0.05) is 18.0 Å². The molecule has 0 aliphatic rings. The van der Waals surface area contributed by atoms with E-state index in [0.29, 0.717) is 10.6 Å². The fraction of sp³-hybridized carbons (Fsp3) is 0.0667. The van der Waals surface area contributed by atoms with Crippen LogP contribution in [0.25, 0.3) is 17.5 Å². The molecule has 1 N–H and O–H groups in total. The molecule has 3 aromatic rings. The largest absolute Gasteiger partial charge is 0.465 e. The highest BCUT2D eigenvalue weighted by Crippen LogP contribution is 2.15. The second-order valence-corrected chi connectivity index (χ2v) is 4.94. The summed E-state index contributed by atoms with van der Waals surface area (Å²) in [7, 11) is 0. The molecule has 3 heterocycles. The van der Waals surface area contributed by atoms with E-state index in [0.717, 1.165) is 16.9 Å². The van der Waals surface area contributed by atoms with Gasteiger partial charge in [-0.25, -0.2) is 5.10 Å². The van der Waals surface area contributed by atoms with Crippen LogP contribution in [0.1, 0.15) is 12.7 Å². The summed E-state index contributed by atoms with van der Waals surface area (Å²) in [4.78, 5) is 4.08. The van der Waals surface area contributed by atoms with Crippen LogP contribution in [0.4, 0.5) is 0 Å². The summed E-state index contributed by atoms with van der Waals surface area (Å²) in [6.07, 6.45) is 8.63. The summed E-state index contributed by atoms with van der Waals surface area (Å²) in [5.74, 6) is 1.38. The number of aromatic nitrogens is 4. The van der Waals surface area contributed by atoms with E-state index in [4.69, 9.17) is 16.6 Å². The van der Waals surface area contributed by atoms with E-state index in [9.17, 15) is 0 Å². The molecule has 0 spiro atoms. The maximum Gasteiger partial charge on any atom is 0.216 e. The van der Waals surface area contributed by atoms with Gasteiger partial charge < -0.3 is 4.42 Å². The van der Waals surface area contributed by atoms with Gasteiger partial charge in [-0.15, -0.1) is 0 Å². The minimum Gasteiger partial charge on any atom is -0.465 e. The lowest BCUT2D eigenvalue weighted by Crippen LogP contribution is -1.95. The van der Waals surface area contributed by atoms with Crippen LogP contribution in [0.3, 0.4) is 0 Å². The second-order valence-electron chi connectivity index (χ2n) is 4.55. The third kappa shape index (κ3) is 3.09. The molecule has 0 aliphatic heterocycles. The van der Waals surface area contributed by atoms with Gasteiger partial charge in [0.1, 0.15) is 5.76 Å². The number of allylic oxidation sites excluding steroid dienone is 1. The molecule has 0 aliphatic carbocycles. The fourth-order valence-electron chi connectivity index (χ4n) is 1.86. The zero-order chi connectivity index (χ0) is 15.4. The van der Waals surface area contributed by atoms with E-state index < -0.39 is 0 Å². The Morgan fingerprint density at radius 3 is 3.05 bits per heavy atom. The fourth-order valence-corrected chi connectivity index (χ4v) is 2.04.